The lowest BCUT2D eigenvalue weighted by Crippen LogP contribution is -2.27. The molecule has 0 saturated heterocycles. The first-order chi connectivity index (χ1) is 9.76. The first-order valence-corrected chi connectivity index (χ1v) is 7.49. The molecule has 1 aromatic carbocycles. The van der Waals surface area contributed by atoms with Crippen molar-refractivity contribution in [3.05, 3.63) is 52.4 Å². The van der Waals surface area contributed by atoms with Gasteiger partial charge in [0.1, 0.15) is 16.8 Å². The molecule has 1 aliphatic heterocycles. The number of hydrogen-bond acceptors (Lipinski definition) is 3. The zero-order chi connectivity index (χ0) is 13.9. The minimum Gasteiger partial charge on any atom is -0.356 e. The van der Waals surface area contributed by atoms with E-state index < -0.39 is 0 Å². The maximum absolute atomic E-state index is 6.10. The van der Waals surface area contributed by atoms with E-state index in [-0.39, 0.29) is 0 Å². The maximum Gasteiger partial charge on any atom is 0.134 e. The highest BCUT2D eigenvalue weighted by Crippen LogP contribution is 2.21. The zero-order valence-corrected chi connectivity index (χ0v) is 12.4. The van der Waals surface area contributed by atoms with E-state index in [1.807, 2.05) is 13.0 Å². The van der Waals surface area contributed by atoms with Crippen LogP contribution < -0.4 is 4.90 Å². The van der Waals surface area contributed by atoms with Crippen LogP contribution >= 0.6 is 11.6 Å². The highest BCUT2D eigenvalue weighted by Gasteiger charge is 2.16. The number of benzene rings is 1. The molecule has 0 fully saturated rings. The van der Waals surface area contributed by atoms with Gasteiger partial charge in [-0.15, -0.1) is 0 Å². The Hall–Kier alpha value is -1.61. The predicted octanol–water partition coefficient (Wildman–Crippen LogP) is 3.30. The second kappa shape index (κ2) is 5.80. The Morgan fingerprint density at radius 1 is 1.10 bits per heavy atom. The third kappa shape index (κ3) is 2.78. The molecule has 4 heteroatoms. The SMILES string of the molecule is CCc1nc(Cl)cc(N2CCc3ccccc3CC2)n1. The molecule has 104 valence electrons. The summed E-state index contributed by atoms with van der Waals surface area (Å²) in [6, 6.07) is 10.6. The zero-order valence-electron chi connectivity index (χ0n) is 11.6. The first-order valence-electron chi connectivity index (χ1n) is 7.11. The van der Waals surface area contributed by atoms with Crippen LogP contribution in [0.25, 0.3) is 0 Å². The monoisotopic (exact) mass is 287 g/mol. The van der Waals surface area contributed by atoms with Crippen molar-refractivity contribution in [3.63, 3.8) is 0 Å². The Bertz CT molecular complexity index is 585. The van der Waals surface area contributed by atoms with Crippen molar-refractivity contribution in [1.29, 1.82) is 0 Å². The number of anilines is 1. The summed E-state index contributed by atoms with van der Waals surface area (Å²) in [4.78, 5) is 11.2. The van der Waals surface area contributed by atoms with E-state index in [1.165, 1.54) is 11.1 Å². The molecule has 0 atom stereocenters. The summed E-state index contributed by atoms with van der Waals surface area (Å²) in [7, 11) is 0. The third-order valence-electron chi connectivity index (χ3n) is 3.79. The van der Waals surface area contributed by atoms with E-state index in [0.29, 0.717) is 5.15 Å². The number of halogens is 1. The summed E-state index contributed by atoms with van der Waals surface area (Å²) in [5.41, 5.74) is 2.90. The van der Waals surface area contributed by atoms with Crippen LogP contribution in [0.3, 0.4) is 0 Å². The standard InChI is InChI=1S/C16H18ClN3/c1-2-15-18-14(17)11-16(19-15)20-9-7-12-5-3-4-6-13(12)8-10-20/h3-6,11H,2,7-10H2,1H3. The lowest BCUT2D eigenvalue weighted by molar-refractivity contribution is 0.778. The average molecular weight is 288 g/mol. The van der Waals surface area contributed by atoms with Crippen LogP contribution in [0.2, 0.25) is 5.15 Å². The average Bonchev–Trinajstić information content (AvgIpc) is 2.69. The van der Waals surface area contributed by atoms with Crippen LogP contribution in [0.1, 0.15) is 23.9 Å². The van der Waals surface area contributed by atoms with E-state index in [1.54, 1.807) is 0 Å². The molecule has 1 aliphatic rings. The summed E-state index contributed by atoms with van der Waals surface area (Å²) in [5.74, 6) is 1.77. The normalized spacial score (nSPS) is 14.8. The quantitative estimate of drug-likeness (QED) is 0.794. The predicted molar refractivity (Wildman–Crippen MR) is 82.5 cm³/mol. The molecule has 0 N–H and O–H groups in total. The molecule has 2 aromatic rings. The van der Waals surface area contributed by atoms with Crippen molar-refractivity contribution in [2.45, 2.75) is 26.2 Å². The minimum atomic E-state index is 0.536. The number of rotatable bonds is 2. The third-order valence-corrected chi connectivity index (χ3v) is 3.98. The van der Waals surface area contributed by atoms with Gasteiger partial charge in [0.05, 0.1) is 0 Å². The Kier molecular flexibility index (Phi) is 3.88. The van der Waals surface area contributed by atoms with Crippen LogP contribution in [0, 0.1) is 0 Å². The summed E-state index contributed by atoms with van der Waals surface area (Å²) < 4.78 is 0. The summed E-state index contributed by atoms with van der Waals surface area (Å²) >= 11 is 6.10. The molecule has 0 radical (unpaired) electrons. The second-order valence-electron chi connectivity index (χ2n) is 5.07. The fraction of sp³-hybridized carbons (Fsp3) is 0.375. The van der Waals surface area contributed by atoms with Crippen LogP contribution in [-0.2, 0) is 19.3 Å². The van der Waals surface area contributed by atoms with Gasteiger partial charge in [-0.05, 0) is 24.0 Å². The van der Waals surface area contributed by atoms with Gasteiger partial charge in [-0.25, -0.2) is 9.97 Å². The minimum absolute atomic E-state index is 0.536. The molecule has 0 saturated carbocycles. The van der Waals surface area contributed by atoms with E-state index in [4.69, 9.17) is 11.6 Å². The van der Waals surface area contributed by atoms with Gasteiger partial charge in [-0.1, -0.05) is 42.8 Å². The molecule has 0 amide bonds. The molecule has 3 rings (SSSR count). The molecule has 3 nitrogen and oxygen atoms in total. The highest BCUT2D eigenvalue weighted by molar-refractivity contribution is 6.29. The Balaban J connectivity index is 1.85. The molecule has 0 spiro atoms. The fourth-order valence-corrected chi connectivity index (χ4v) is 2.86. The molecule has 1 aromatic heterocycles. The lowest BCUT2D eigenvalue weighted by Gasteiger charge is -2.21. The van der Waals surface area contributed by atoms with Gasteiger partial charge in [0.2, 0.25) is 0 Å². The molecular weight excluding hydrogens is 270 g/mol. The lowest BCUT2D eigenvalue weighted by atomic mass is 10.0. The number of aromatic nitrogens is 2. The van der Waals surface area contributed by atoms with Crippen LogP contribution in [0.15, 0.2) is 30.3 Å². The molecule has 20 heavy (non-hydrogen) atoms. The van der Waals surface area contributed by atoms with E-state index in [0.717, 1.165) is 44.0 Å². The van der Waals surface area contributed by atoms with E-state index in [9.17, 15) is 0 Å². The largest absolute Gasteiger partial charge is 0.356 e. The molecular formula is C16H18ClN3. The first kappa shape index (κ1) is 13.4. The van der Waals surface area contributed by atoms with Crippen molar-refractivity contribution in [3.8, 4) is 0 Å². The van der Waals surface area contributed by atoms with Crippen molar-refractivity contribution in [2.75, 3.05) is 18.0 Å². The Morgan fingerprint density at radius 2 is 1.75 bits per heavy atom. The number of hydrogen-bond donors (Lipinski definition) is 0. The van der Waals surface area contributed by atoms with Crippen molar-refractivity contribution < 1.29 is 0 Å². The molecule has 0 aliphatic carbocycles. The molecule has 2 heterocycles. The van der Waals surface area contributed by atoms with Crippen molar-refractivity contribution >= 4 is 17.4 Å². The number of fused-ring (bicyclic) bond motifs is 1. The number of aryl methyl sites for hydroxylation is 1. The van der Waals surface area contributed by atoms with E-state index in [2.05, 4.69) is 39.1 Å². The van der Waals surface area contributed by atoms with Crippen LogP contribution in [-0.4, -0.2) is 23.1 Å². The summed E-state index contributed by atoms with van der Waals surface area (Å²) in [5, 5.41) is 0.536. The maximum atomic E-state index is 6.10. The van der Waals surface area contributed by atoms with Gasteiger partial charge in [0, 0.05) is 25.6 Å². The second-order valence-corrected chi connectivity index (χ2v) is 5.46. The smallest absolute Gasteiger partial charge is 0.134 e. The van der Waals surface area contributed by atoms with E-state index >= 15 is 0 Å². The van der Waals surface area contributed by atoms with Gasteiger partial charge >= 0.3 is 0 Å². The van der Waals surface area contributed by atoms with Crippen LogP contribution in [0.5, 0.6) is 0 Å². The van der Waals surface area contributed by atoms with Gasteiger partial charge in [-0.3, -0.25) is 0 Å². The Morgan fingerprint density at radius 3 is 2.35 bits per heavy atom. The van der Waals surface area contributed by atoms with Gasteiger partial charge in [-0.2, -0.15) is 0 Å². The van der Waals surface area contributed by atoms with Crippen LogP contribution in [0.4, 0.5) is 5.82 Å². The summed E-state index contributed by atoms with van der Waals surface area (Å²) in [6.07, 6.45) is 2.92. The van der Waals surface area contributed by atoms with Gasteiger partial charge in [0.15, 0.2) is 0 Å². The fourth-order valence-electron chi connectivity index (χ4n) is 2.67. The Labute approximate surface area is 124 Å². The number of nitrogens with zero attached hydrogens (tertiary/aromatic N) is 3. The highest BCUT2D eigenvalue weighted by atomic mass is 35.5. The van der Waals surface area contributed by atoms with Gasteiger partial charge < -0.3 is 4.90 Å². The van der Waals surface area contributed by atoms with Crippen molar-refractivity contribution in [2.24, 2.45) is 0 Å². The molecule has 0 unspecified atom stereocenters. The van der Waals surface area contributed by atoms with Gasteiger partial charge in [0.25, 0.3) is 0 Å². The molecule has 0 bridgehead atoms. The topological polar surface area (TPSA) is 29.0 Å². The van der Waals surface area contributed by atoms with Crippen molar-refractivity contribution in [1.82, 2.24) is 9.97 Å². The summed E-state index contributed by atoms with van der Waals surface area (Å²) in [6.45, 7) is 4.01.